The van der Waals surface area contributed by atoms with Crippen molar-refractivity contribution in [2.75, 3.05) is 0 Å². The van der Waals surface area contributed by atoms with Gasteiger partial charge in [0.05, 0.1) is 0 Å². The third kappa shape index (κ3) is 3.13. The van der Waals surface area contributed by atoms with Gasteiger partial charge >= 0.3 is 0 Å². The monoisotopic (exact) mass is 214 g/mol. The maximum atomic E-state index is 9.34. The molecule has 84 valence electrons. The second-order valence-corrected chi connectivity index (χ2v) is 3.42. The molecule has 0 spiro atoms. The summed E-state index contributed by atoms with van der Waals surface area (Å²) in [6.45, 7) is 6.06. The lowest BCUT2D eigenvalue weighted by molar-refractivity contribution is 0.475. The molecule has 0 amide bonds. The van der Waals surface area contributed by atoms with E-state index in [1.807, 2.05) is 38.1 Å². The van der Waals surface area contributed by atoms with Crippen LogP contribution in [0.2, 0.25) is 0 Å². The SMILES string of the molecule is CC.Cc1cccc(-c2cccc(O)c2)c1. The van der Waals surface area contributed by atoms with Crippen LogP contribution < -0.4 is 0 Å². The molecule has 0 bridgehead atoms. The Kier molecular flexibility index (Phi) is 4.59. The van der Waals surface area contributed by atoms with Crippen molar-refractivity contribution >= 4 is 0 Å². The van der Waals surface area contributed by atoms with Gasteiger partial charge in [-0.1, -0.05) is 55.8 Å². The average molecular weight is 214 g/mol. The predicted molar refractivity (Wildman–Crippen MR) is 69.6 cm³/mol. The predicted octanol–water partition coefficient (Wildman–Crippen LogP) is 4.39. The third-order valence-electron chi connectivity index (χ3n) is 2.20. The maximum Gasteiger partial charge on any atom is 0.116 e. The van der Waals surface area contributed by atoms with E-state index in [-0.39, 0.29) is 0 Å². The van der Waals surface area contributed by atoms with Gasteiger partial charge in [-0.05, 0) is 30.2 Å². The molecule has 0 atom stereocenters. The zero-order valence-electron chi connectivity index (χ0n) is 10.1. The van der Waals surface area contributed by atoms with E-state index >= 15 is 0 Å². The van der Waals surface area contributed by atoms with Crippen LogP contribution in [0.25, 0.3) is 11.1 Å². The molecule has 1 nitrogen and oxygen atoms in total. The van der Waals surface area contributed by atoms with Crippen molar-refractivity contribution in [3.05, 3.63) is 54.1 Å². The van der Waals surface area contributed by atoms with Gasteiger partial charge in [0.2, 0.25) is 0 Å². The molecule has 1 N–H and O–H groups in total. The Balaban J connectivity index is 0.000000606. The lowest BCUT2D eigenvalue weighted by Crippen LogP contribution is -1.78. The third-order valence-corrected chi connectivity index (χ3v) is 2.20. The molecule has 0 saturated carbocycles. The van der Waals surface area contributed by atoms with E-state index in [9.17, 15) is 5.11 Å². The molecule has 0 aliphatic heterocycles. The summed E-state index contributed by atoms with van der Waals surface area (Å²) in [5.74, 6) is 0.309. The van der Waals surface area contributed by atoms with E-state index in [4.69, 9.17) is 0 Å². The van der Waals surface area contributed by atoms with E-state index in [1.54, 1.807) is 12.1 Å². The van der Waals surface area contributed by atoms with Gasteiger partial charge in [-0.25, -0.2) is 0 Å². The number of aryl methyl sites for hydroxylation is 1. The zero-order valence-corrected chi connectivity index (χ0v) is 10.1. The summed E-state index contributed by atoms with van der Waals surface area (Å²) >= 11 is 0. The number of phenols is 1. The summed E-state index contributed by atoms with van der Waals surface area (Å²) in [6, 6.07) is 15.5. The first kappa shape index (κ1) is 12.3. The molecule has 2 aromatic carbocycles. The van der Waals surface area contributed by atoms with Crippen LogP contribution in [0.4, 0.5) is 0 Å². The normalized spacial score (nSPS) is 9.19. The molecule has 0 aliphatic rings. The molecule has 0 unspecified atom stereocenters. The summed E-state index contributed by atoms with van der Waals surface area (Å²) in [7, 11) is 0. The van der Waals surface area contributed by atoms with E-state index in [0.717, 1.165) is 11.1 Å². The van der Waals surface area contributed by atoms with Crippen LogP contribution in [0, 0.1) is 6.92 Å². The maximum absolute atomic E-state index is 9.34. The Hall–Kier alpha value is -1.76. The van der Waals surface area contributed by atoms with E-state index in [2.05, 4.69) is 19.1 Å². The minimum absolute atomic E-state index is 0.309. The molecule has 0 radical (unpaired) electrons. The van der Waals surface area contributed by atoms with Gasteiger partial charge in [0.25, 0.3) is 0 Å². The second kappa shape index (κ2) is 5.96. The van der Waals surface area contributed by atoms with Crippen LogP contribution in [0.3, 0.4) is 0 Å². The van der Waals surface area contributed by atoms with Crippen molar-refractivity contribution in [2.24, 2.45) is 0 Å². The highest BCUT2D eigenvalue weighted by Gasteiger charge is 1.97. The van der Waals surface area contributed by atoms with Crippen molar-refractivity contribution in [2.45, 2.75) is 20.8 Å². The fourth-order valence-corrected chi connectivity index (χ4v) is 1.51. The van der Waals surface area contributed by atoms with Crippen molar-refractivity contribution < 1.29 is 5.11 Å². The summed E-state index contributed by atoms with van der Waals surface area (Å²) in [6.07, 6.45) is 0. The fourth-order valence-electron chi connectivity index (χ4n) is 1.51. The first-order valence-electron chi connectivity index (χ1n) is 5.62. The van der Waals surface area contributed by atoms with Gasteiger partial charge < -0.3 is 5.11 Å². The Labute approximate surface area is 97.4 Å². The number of hydrogen-bond donors (Lipinski definition) is 1. The number of aromatic hydroxyl groups is 1. The highest BCUT2D eigenvalue weighted by atomic mass is 16.3. The number of hydrogen-bond acceptors (Lipinski definition) is 1. The molecule has 0 aromatic heterocycles. The van der Waals surface area contributed by atoms with Crippen molar-refractivity contribution in [3.8, 4) is 16.9 Å². The zero-order chi connectivity index (χ0) is 12.0. The average Bonchev–Trinajstić information content (AvgIpc) is 2.32. The largest absolute Gasteiger partial charge is 0.508 e. The summed E-state index contributed by atoms with van der Waals surface area (Å²) < 4.78 is 0. The van der Waals surface area contributed by atoms with E-state index in [1.165, 1.54) is 5.56 Å². The quantitative estimate of drug-likeness (QED) is 0.746. The molecule has 2 aromatic rings. The first-order valence-corrected chi connectivity index (χ1v) is 5.62. The van der Waals surface area contributed by atoms with Crippen molar-refractivity contribution in [1.29, 1.82) is 0 Å². The van der Waals surface area contributed by atoms with Crippen LogP contribution in [-0.4, -0.2) is 5.11 Å². The Morgan fingerprint density at radius 3 is 1.94 bits per heavy atom. The molecular formula is C15H18O. The van der Waals surface area contributed by atoms with Gasteiger partial charge in [-0.2, -0.15) is 0 Å². The topological polar surface area (TPSA) is 20.2 Å². The number of phenolic OH excluding ortho intramolecular Hbond substituents is 1. The molecule has 0 heterocycles. The van der Waals surface area contributed by atoms with Crippen LogP contribution >= 0.6 is 0 Å². The van der Waals surface area contributed by atoms with E-state index in [0.29, 0.717) is 5.75 Å². The smallest absolute Gasteiger partial charge is 0.116 e. The highest BCUT2D eigenvalue weighted by Crippen LogP contribution is 2.23. The van der Waals surface area contributed by atoms with Crippen molar-refractivity contribution in [3.63, 3.8) is 0 Å². The lowest BCUT2D eigenvalue weighted by atomic mass is 10.0. The first-order chi connectivity index (χ1) is 7.75. The number of rotatable bonds is 1. The summed E-state index contributed by atoms with van der Waals surface area (Å²) in [5.41, 5.74) is 3.42. The summed E-state index contributed by atoms with van der Waals surface area (Å²) in [4.78, 5) is 0. The Morgan fingerprint density at radius 2 is 1.38 bits per heavy atom. The highest BCUT2D eigenvalue weighted by molar-refractivity contribution is 5.65. The van der Waals surface area contributed by atoms with E-state index < -0.39 is 0 Å². The molecule has 2 rings (SSSR count). The molecule has 0 saturated heterocycles. The van der Waals surface area contributed by atoms with Crippen LogP contribution in [0.1, 0.15) is 19.4 Å². The Morgan fingerprint density at radius 1 is 0.812 bits per heavy atom. The molecule has 16 heavy (non-hydrogen) atoms. The molecule has 0 aliphatic carbocycles. The summed E-state index contributed by atoms with van der Waals surface area (Å²) in [5, 5.41) is 9.34. The molecule has 0 fully saturated rings. The van der Waals surface area contributed by atoms with Gasteiger partial charge in [0.1, 0.15) is 5.75 Å². The van der Waals surface area contributed by atoms with Gasteiger partial charge in [-0.15, -0.1) is 0 Å². The Bertz CT molecular complexity index is 403. The standard InChI is InChI=1S/C13H12O.C2H6/c1-10-4-2-5-11(8-10)12-6-3-7-13(14)9-12;1-2/h2-9,14H,1H3;1-2H3. The number of benzene rings is 2. The van der Waals surface area contributed by atoms with Crippen molar-refractivity contribution in [1.82, 2.24) is 0 Å². The van der Waals surface area contributed by atoms with Crippen LogP contribution in [-0.2, 0) is 0 Å². The van der Waals surface area contributed by atoms with Gasteiger partial charge in [0.15, 0.2) is 0 Å². The minimum Gasteiger partial charge on any atom is -0.508 e. The minimum atomic E-state index is 0.309. The van der Waals surface area contributed by atoms with Crippen LogP contribution in [0.5, 0.6) is 5.75 Å². The van der Waals surface area contributed by atoms with Gasteiger partial charge in [-0.3, -0.25) is 0 Å². The molecular weight excluding hydrogens is 196 g/mol. The lowest BCUT2D eigenvalue weighted by Gasteiger charge is -2.02. The molecule has 1 heteroatoms. The fraction of sp³-hybridized carbons (Fsp3) is 0.200. The van der Waals surface area contributed by atoms with Crippen LogP contribution in [0.15, 0.2) is 48.5 Å². The second-order valence-electron chi connectivity index (χ2n) is 3.42. The van der Waals surface area contributed by atoms with Gasteiger partial charge in [0, 0.05) is 0 Å².